The third-order valence-corrected chi connectivity index (χ3v) is 3.09. The van der Waals surface area contributed by atoms with Crippen molar-refractivity contribution >= 4 is 44.7 Å². The van der Waals surface area contributed by atoms with Crippen molar-refractivity contribution in [2.45, 2.75) is 6.92 Å². The van der Waals surface area contributed by atoms with Crippen LogP contribution in [0.1, 0.15) is 5.56 Å². The summed E-state index contributed by atoms with van der Waals surface area (Å²) in [4.78, 5) is 4.23. The van der Waals surface area contributed by atoms with E-state index < -0.39 is 0 Å². The van der Waals surface area contributed by atoms with Gasteiger partial charge in [0, 0.05) is 4.47 Å². The molecule has 1 heterocycles. The molecule has 17 heavy (non-hydrogen) atoms. The van der Waals surface area contributed by atoms with Gasteiger partial charge in [0.1, 0.15) is 5.82 Å². The average Bonchev–Trinajstić information content (AvgIpc) is 2.25. The number of nitrogens with one attached hydrogen (secondary N) is 1. The summed E-state index contributed by atoms with van der Waals surface area (Å²) in [6.07, 6.45) is 1.61. The molecule has 0 aliphatic rings. The van der Waals surface area contributed by atoms with Crippen LogP contribution in [0.3, 0.4) is 0 Å². The SMILES string of the molecule is Cc1cc(N)cnc1Nc1ccc(Br)cc1Cl. The van der Waals surface area contributed by atoms with Crippen LogP contribution in [0.2, 0.25) is 5.02 Å². The Balaban J connectivity index is 2.31. The van der Waals surface area contributed by atoms with Gasteiger partial charge in [-0.15, -0.1) is 0 Å². The van der Waals surface area contributed by atoms with Gasteiger partial charge in [0.25, 0.3) is 0 Å². The van der Waals surface area contributed by atoms with Crippen molar-refractivity contribution in [2.24, 2.45) is 0 Å². The van der Waals surface area contributed by atoms with E-state index in [9.17, 15) is 0 Å². The molecule has 88 valence electrons. The Morgan fingerprint density at radius 3 is 2.76 bits per heavy atom. The van der Waals surface area contributed by atoms with E-state index in [4.69, 9.17) is 17.3 Å². The van der Waals surface area contributed by atoms with Crippen molar-refractivity contribution in [3.8, 4) is 0 Å². The van der Waals surface area contributed by atoms with Gasteiger partial charge in [0.15, 0.2) is 0 Å². The van der Waals surface area contributed by atoms with Crippen LogP contribution in [-0.2, 0) is 0 Å². The largest absolute Gasteiger partial charge is 0.397 e. The molecule has 0 spiro atoms. The lowest BCUT2D eigenvalue weighted by atomic mass is 10.2. The highest BCUT2D eigenvalue weighted by Gasteiger charge is 2.04. The zero-order valence-corrected chi connectivity index (χ0v) is 11.5. The smallest absolute Gasteiger partial charge is 0.133 e. The third kappa shape index (κ3) is 2.90. The molecule has 0 unspecified atom stereocenters. The summed E-state index contributed by atoms with van der Waals surface area (Å²) in [7, 11) is 0. The molecule has 0 atom stereocenters. The summed E-state index contributed by atoms with van der Waals surface area (Å²) in [5, 5.41) is 3.81. The number of nitrogen functional groups attached to an aromatic ring is 1. The number of pyridine rings is 1. The Bertz CT molecular complexity index is 508. The molecule has 2 rings (SSSR count). The zero-order valence-electron chi connectivity index (χ0n) is 9.17. The van der Waals surface area contributed by atoms with Gasteiger partial charge in [-0.05, 0) is 36.8 Å². The molecule has 0 aliphatic heterocycles. The molecule has 0 amide bonds. The van der Waals surface area contributed by atoms with Crippen molar-refractivity contribution in [3.63, 3.8) is 0 Å². The standard InChI is InChI=1S/C12H11BrClN3/c1-7-4-9(15)6-16-12(7)17-11-3-2-8(13)5-10(11)14/h2-6H,15H2,1H3,(H,16,17). The first kappa shape index (κ1) is 12.2. The number of rotatable bonds is 2. The zero-order chi connectivity index (χ0) is 12.4. The number of hydrogen-bond donors (Lipinski definition) is 2. The van der Waals surface area contributed by atoms with Gasteiger partial charge >= 0.3 is 0 Å². The number of aromatic nitrogens is 1. The van der Waals surface area contributed by atoms with Crippen LogP contribution in [0.5, 0.6) is 0 Å². The fourth-order valence-corrected chi connectivity index (χ4v) is 2.17. The number of hydrogen-bond acceptors (Lipinski definition) is 3. The first-order chi connectivity index (χ1) is 8.06. The predicted molar refractivity (Wildman–Crippen MR) is 75.8 cm³/mol. The number of halogens is 2. The van der Waals surface area contributed by atoms with E-state index >= 15 is 0 Å². The summed E-state index contributed by atoms with van der Waals surface area (Å²) in [6, 6.07) is 7.50. The second-order valence-electron chi connectivity index (χ2n) is 3.68. The minimum Gasteiger partial charge on any atom is -0.397 e. The van der Waals surface area contributed by atoms with Gasteiger partial charge < -0.3 is 11.1 Å². The van der Waals surface area contributed by atoms with E-state index in [-0.39, 0.29) is 0 Å². The Morgan fingerprint density at radius 1 is 1.35 bits per heavy atom. The lowest BCUT2D eigenvalue weighted by molar-refractivity contribution is 1.26. The van der Waals surface area contributed by atoms with Crippen LogP contribution in [0, 0.1) is 6.92 Å². The monoisotopic (exact) mass is 311 g/mol. The molecule has 3 nitrogen and oxygen atoms in total. The van der Waals surface area contributed by atoms with E-state index in [1.807, 2.05) is 31.2 Å². The fourth-order valence-electron chi connectivity index (χ4n) is 1.45. The number of nitrogens with two attached hydrogens (primary N) is 1. The summed E-state index contributed by atoms with van der Waals surface area (Å²) in [5.74, 6) is 0.753. The molecule has 5 heteroatoms. The highest BCUT2D eigenvalue weighted by molar-refractivity contribution is 9.10. The fraction of sp³-hybridized carbons (Fsp3) is 0.0833. The quantitative estimate of drug-likeness (QED) is 0.876. The maximum absolute atomic E-state index is 6.12. The van der Waals surface area contributed by atoms with Crippen molar-refractivity contribution in [1.82, 2.24) is 4.98 Å². The van der Waals surface area contributed by atoms with Gasteiger partial charge in [0.2, 0.25) is 0 Å². The molecular weight excluding hydrogens is 302 g/mol. The van der Waals surface area contributed by atoms with Gasteiger partial charge in [-0.2, -0.15) is 0 Å². The normalized spacial score (nSPS) is 10.3. The number of benzene rings is 1. The third-order valence-electron chi connectivity index (χ3n) is 2.28. The molecule has 0 saturated carbocycles. The number of nitrogens with zero attached hydrogens (tertiary/aromatic N) is 1. The van der Waals surface area contributed by atoms with Gasteiger partial charge in [0.05, 0.1) is 22.6 Å². The molecule has 0 aliphatic carbocycles. The summed E-state index contributed by atoms with van der Waals surface area (Å²) in [6.45, 7) is 1.94. The molecular formula is C12H11BrClN3. The van der Waals surface area contributed by atoms with Crippen molar-refractivity contribution in [2.75, 3.05) is 11.1 Å². The maximum atomic E-state index is 6.12. The van der Waals surface area contributed by atoms with Crippen LogP contribution in [0.15, 0.2) is 34.9 Å². The molecule has 0 bridgehead atoms. The molecule has 0 saturated heterocycles. The van der Waals surface area contributed by atoms with Crippen LogP contribution in [0.4, 0.5) is 17.2 Å². The topological polar surface area (TPSA) is 50.9 Å². The molecule has 3 N–H and O–H groups in total. The first-order valence-corrected chi connectivity index (χ1v) is 6.17. The lowest BCUT2D eigenvalue weighted by Crippen LogP contribution is -1.98. The second kappa shape index (κ2) is 4.94. The van der Waals surface area contributed by atoms with E-state index in [0.717, 1.165) is 21.5 Å². The van der Waals surface area contributed by atoms with Gasteiger partial charge in [-0.25, -0.2) is 4.98 Å². The van der Waals surface area contributed by atoms with E-state index in [2.05, 4.69) is 26.2 Å². The minimum atomic E-state index is 0.636. The summed E-state index contributed by atoms with van der Waals surface area (Å²) in [5.41, 5.74) is 8.09. The molecule has 1 aromatic carbocycles. The van der Waals surface area contributed by atoms with Crippen molar-refractivity contribution < 1.29 is 0 Å². The van der Waals surface area contributed by atoms with Crippen LogP contribution >= 0.6 is 27.5 Å². The molecule has 0 fully saturated rings. The van der Waals surface area contributed by atoms with E-state index in [0.29, 0.717) is 10.7 Å². The molecule has 2 aromatic rings. The van der Waals surface area contributed by atoms with Crippen molar-refractivity contribution in [1.29, 1.82) is 0 Å². The highest BCUT2D eigenvalue weighted by atomic mass is 79.9. The second-order valence-corrected chi connectivity index (χ2v) is 5.01. The minimum absolute atomic E-state index is 0.636. The lowest BCUT2D eigenvalue weighted by Gasteiger charge is -2.10. The highest BCUT2D eigenvalue weighted by Crippen LogP contribution is 2.29. The Labute approximate surface area is 113 Å². The van der Waals surface area contributed by atoms with Gasteiger partial charge in [-0.1, -0.05) is 27.5 Å². The first-order valence-electron chi connectivity index (χ1n) is 5.00. The van der Waals surface area contributed by atoms with E-state index in [1.165, 1.54) is 0 Å². The Hall–Kier alpha value is -1.26. The maximum Gasteiger partial charge on any atom is 0.133 e. The number of anilines is 3. The Kier molecular flexibility index (Phi) is 3.54. The Morgan fingerprint density at radius 2 is 2.12 bits per heavy atom. The molecule has 1 aromatic heterocycles. The van der Waals surface area contributed by atoms with Crippen LogP contribution < -0.4 is 11.1 Å². The van der Waals surface area contributed by atoms with Gasteiger partial charge in [-0.3, -0.25) is 0 Å². The van der Waals surface area contributed by atoms with E-state index in [1.54, 1.807) is 6.20 Å². The summed E-state index contributed by atoms with van der Waals surface area (Å²) < 4.78 is 0.940. The summed E-state index contributed by atoms with van der Waals surface area (Å²) >= 11 is 9.48. The predicted octanol–water partition coefficient (Wildman–Crippen LogP) is 4.13. The van der Waals surface area contributed by atoms with Crippen LogP contribution in [0.25, 0.3) is 0 Å². The average molecular weight is 313 g/mol. The van der Waals surface area contributed by atoms with Crippen LogP contribution in [-0.4, -0.2) is 4.98 Å². The van der Waals surface area contributed by atoms with Crippen molar-refractivity contribution in [3.05, 3.63) is 45.5 Å². The molecule has 0 radical (unpaired) electrons. The number of aryl methyl sites for hydroxylation is 1.